The largest absolute Gasteiger partial charge is 0.343 e. The van der Waals surface area contributed by atoms with Gasteiger partial charge in [0.25, 0.3) is 5.92 Å². The number of rotatable bonds is 2. The highest BCUT2D eigenvalue weighted by molar-refractivity contribution is 5.75. The lowest BCUT2D eigenvalue weighted by atomic mass is 9.74. The summed E-state index contributed by atoms with van der Waals surface area (Å²) in [4.78, 5) is 25.7. The van der Waals surface area contributed by atoms with Crippen LogP contribution in [-0.4, -0.2) is 47.4 Å². The maximum Gasteiger partial charge on any atom is 0.315 e. The van der Waals surface area contributed by atoms with E-state index < -0.39 is 17.4 Å². The number of likely N-dealkylation sites (tertiary alicyclic amines) is 1. The fourth-order valence-corrected chi connectivity index (χ4v) is 5.98. The van der Waals surface area contributed by atoms with Crippen molar-refractivity contribution in [3.05, 3.63) is 0 Å². The molecule has 26 heavy (non-hydrogen) atoms. The summed E-state index contributed by atoms with van der Waals surface area (Å²) in [5, 5.41) is 6.12. The number of urea groups is 1. The van der Waals surface area contributed by atoms with E-state index in [0.29, 0.717) is 44.2 Å². The standard InChI is InChI=1S/C19H29F2N3O2/c1-12(25)24-6-3-16(4-7-24)22-17(26)23-18-9-13-2-5-19(20,21)15(11-18)8-14(13)10-18/h13-16H,2-11H2,1H3,(H2,22,23,26). The van der Waals surface area contributed by atoms with Crippen molar-refractivity contribution in [1.29, 1.82) is 0 Å². The average molecular weight is 369 g/mol. The molecular weight excluding hydrogens is 340 g/mol. The Morgan fingerprint density at radius 3 is 2.42 bits per heavy atom. The Morgan fingerprint density at radius 2 is 1.73 bits per heavy atom. The minimum Gasteiger partial charge on any atom is -0.343 e. The molecule has 1 saturated heterocycles. The van der Waals surface area contributed by atoms with Gasteiger partial charge in [0.05, 0.1) is 0 Å². The SMILES string of the molecule is CC(=O)N1CCC(NC(=O)NC23CC4CCC(F)(F)C(CC4C2)C3)CC1. The van der Waals surface area contributed by atoms with Crippen LogP contribution in [0.3, 0.4) is 0 Å². The Balaban J connectivity index is 1.36. The number of hydrogen-bond donors (Lipinski definition) is 2. The van der Waals surface area contributed by atoms with E-state index >= 15 is 0 Å². The fourth-order valence-electron chi connectivity index (χ4n) is 5.98. The van der Waals surface area contributed by atoms with Crippen molar-refractivity contribution in [2.24, 2.45) is 17.8 Å². The van der Waals surface area contributed by atoms with Gasteiger partial charge >= 0.3 is 6.03 Å². The van der Waals surface area contributed by atoms with Crippen molar-refractivity contribution in [2.75, 3.05) is 13.1 Å². The number of carbonyl (C=O) groups excluding carboxylic acids is 2. The highest BCUT2D eigenvalue weighted by Gasteiger charge is 2.59. The second kappa shape index (κ2) is 6.34. The molecule has 3 saturated carbocycles. The topological polar surface area (TPSA) is 61.4 Å². The van der Waals surface area contributed by atoms with Crippen LogP contribution in [0, 0.1) is 17.8 Å². The molecule has 0 aromatic rings. The monoisotopic (exact) mass is 369 g/mol. The van der Waals surface area contributed by atoms with E-state index in [0.717, 1.165) is 25.7 Å². The Kier molecular flexibility index (Phi) is 4.39. The smallest absolute Gasteiger partial charge is 0.315 e. The van der Waals surface area contributed by atoms with Gasteiger partial charge in [0.1, 0.15) is 0 Å². The lowest BCUT2D eigenvalue weighted by molar-refractivity contribution is -0.129. The van der Waals surface area contributed by atoms with Gasteiger partial charge in [-0.05, 0) is 56.8 Å². The van der Waals surface area contributed by atoms with Gasteiger partial charge in [-0.25, -0.2) is 13.6 Å². The molecule has 146 valence electrons. The van der Waals surface area contributed by atoms with Gasteiger partial charge in [-0.3, -0.25) is 4.79 Å². The molecule has 3 bridgehead atoms. The molecular formula is C19H29F2N3O2. The fraction of sp³-hybridized carbons (Fsp3) is 0.895. The predicted octanol–water partition coefficient (Wildman–Crippen LogP) is 2.90. The van der Waals surface area contributed by atoms with Crippen LogP contribution < -0.4 is 10.6 Å². The summed E-state index contributed by atoms with van der Waals surface area (Å²) in [6.45, 7) is 2.87. The number of halogens is 2. The summed E-state index contributed by atoms with van der Waals surface area (Å²) in [5.74, 6) is -2.45. The first-order valence-corrected chi connectivity index (χ1v) is 9.98. The van der Waals surface area contributed by atoms with Gasteiger partial charge in [0.2, 0.25) is 5.91 Å². The van der Waals surface area contributed by atoms with E-state index in [2.05, 4.69) is 10.6 Å². The first-order chi connectivity index (χ1) is 12.3. The first-order valence-electron chi connectivity index (χ1n) is 9.98. The summed E-state index contributed by atoms with van der Waals surface area (Å²) >= 11 is 0. The molecule has 0 aromatic carbocycles. The number of fused-ring (bicyclic) bond motifs is 2. The third kappa shape index (κ3) is 3.29. The molecule has 1 aliphatic heterocycles. The highest BCUT2D eigenvalue weighted by atomic mass is 19.3. The molecule has 3 aliphatic carbocycles. The van der Waals surface area contributed by atoms with Crippen LogP contribution >= 0.6 is 0 Å². The number of nitrogens with zero attached hydrogens (tertiary/aromatic N) is 1. The summed E-state index contributed by atoms with van der Waals surface area (Å²) in [6, 6.07) is -0.182. The maximum atomic E-state index is 14.4. The molecule has 4 fully saturated rings. The molecule has 0 radical (unpaired) electrons. The van der Waals surface area contributed by atoms with Crippen LogP contribution in [-0.2, 0) is 4.79 Å². The Hall–Kier alpha value is -1.40. The van der Waals surface area contributed by atoms with Gasteiger partial charge < -0.3 is 15.5 Å². The normalized spacial score (nSPS) is 38.7. The molecule has 7 heteroatoms. The van der Waals surface area contributed by atoms with E-state index in [9.17, 15) is 18.4 Å². The summed E-state index contributed by atoms with van der Waals surface area (Å²) in [5.41, 5.74) is -0.452. The van der Waals surface area contributed by atoms with Crippen molar-refractivity contribution in [3.8, 4) is 0 Å². The van der Waals surface area contributed by atoms with Crippen molar-refractivity contribution in [2.45, 2.75) is 75.8 Å². The van der Waals surface area contributed by atoms with Crippen molar-refractivity contribution in [3.63, 3.8) is 0 Å². The predicted molar refractivity (Wildman–Crippen MR) is 92.8 cm³/mol. The number of nitrogens with one attached hydrogen (secondary N) is 2. The molecule has 4 aliphatic rings. The number of amides is 3. The lowest BCUT2D eigenvalue weighted by Crippen LogP contribution is -2.57. The molecule has 4 atom stereocenters. The van der Waals surface area contributed by atoms with E-state index in [1.165, 1.54) is 0 Å². The highest BCUT2D eigenvalue weighted by Crippen LogP contribution is 2.59. The van der Waals surface area contributed by atoms with E-state index in [1.54, 1.807) is 11.8 Å². The van der Waals surface area contributed by atoms with E-state index in [-0.39, 0.29) is 24.4 Å². The summed E-state index contributed by atoms with van der Waals surface area (Å²) in [6.07, 6.45) is 4.80. The van der Waals surface area contributed by atoms with E-state index in [4.69, 9.17) is 0 Å². The second-order valence-corrected chi connectivity index (χ2v) is 9.02. The van der Waals surface area contributed by atoms with Crippen LogP contribution in [0.15, 0.2) is 0 Å². The number of hydrogen-bond acceptors (Lipinski definition) is 2. The molecule has 0 spiro atoms. The molecule has 4 rings (SSSR count). The zero-order valence-electron chi connectivity index (χ0n) is 15.4. The third-order valence-corrected chi connectivity index (χ3v) is 7.30. The van der Waals surface area contributed by atoms with Gasteiger partial charge in [-0.15, -0.1) is 0 Å². The zero-order valence-corrected chi connectivity index (χ0v) is 15.4. The Labute approximate surface area is 153 Å². The zero-order chi connectivity index (χ0) is 18.5. The molecule has 0 aromatic heterocycles. The Morgan fingerprint density at radius 1 is 1.04 bits per heavy atom. The van der Waals surface area contributed by atoms with Crippen LogP contribution in [0.2, 0.25) is 0 Å². The molecule has 5 nitrogen and oxygen atoms in total. The third-order valence-electron chi connectivity index (χ3n) is 7.30. The minimum absolute atomic E-state index is 0.00975. The van der Waals surface area contributed by atoms with Crippen LogP contribution in [0.1, 0.15) is 58.3 Å². The summed E-state index contributed by atoms with van der Waals surface area (Å²) < 4.78 is 28.7. The van der Waals surface area contributed by atoms with Crippen LogP contribution in [0.4, 0.5) is 13.6 Å². The number of carbonyl (C=O) groups is 2. The maximum absolute atomic E-state index is 14.4. The lowest BCUT2D eigenvalue weighted by Gasteiger charge is -2.41. The van der Waals surface area contributed by atoms with Gasteiger partial charge in [0, 0.05) is 43.9 Å². The molecule has 3 amide bonds. The van der Waals surface area contributed by atoms with Crippen molar-refractivity contribution in [1.82, 2.24) is 15.5 Å². The molecule has 4 unspecified atom stereocenters. The molecule has 2 N–H and O–H groups in total. The van der Waals surface area contributed by atoms with Gasteiger partial charge in [-0.1, -0.05) is 0 Å². The minimum atomic E-state index is -2.59. The average Bonchev–Trinajstić information content (AvgIpc) is 2.78. The van der Waals surface area contributed by atoms with Crippen molar-refractivity contribution >= 4 is 11.9 Å². The van der Waals surface area contributed by atoms with E-state index in [1.807, 2.05) is 0 Å². The number of alkyl halides is 2. The van der Waals surface area contributed by atoms with Crippen LogP contribution in [0.5, 0.6) is 0 Å². The second-order valence-electron chi connectivity index (χ2n) is 9.02. The molecule has 1 heterocycles. The number of piperidine rings is 1. The summed E-state index contributed by atoms with van der Waals surface area (Å²) in [7, 11) is 0. The first kappa shape index (κ1) is 18.0. The van der Waals surface area contributed by atoms with Gasteiger partial charge in [-0.2, -0.15) is 0 Å². The quantitative estimate of drug-likeness (QED) is 0.786. The Bertz CT molecular complexity index is 591. The van der Waals surface area contributed by atoms with Crippen LogP contribution in [0.25, 0.3) is 0 Å². The van der Waals surface area contributed by atoms with Gasteiger partial charge in [0.15, 0.2) is 0 Å². The van der Waals surface area contributed by atoms with Crippen molar-refractivity contribution < 1.29 is 18.4 Å².